The summed E-state index contributed by atoms with van der Waals surface area (Å²) in [6, 6.07) is 15.9. The second kappa shape index (κ2) is 5.50. The lowest BCUT2D eigenvalue weighted by Crippen LogP contribution is -2.04. The van der Waals surface area contributed by atoms with Crippen LogP contribution in [0.5, 0.6) is 0 Å². The Balaban J connectivity index is 2.13. The molecular formula is C16H17NO. The van der Waals surface area contributed by atoms with E-state index in [9.17, 15) is 4.79 Å². The molecule has 0 amide bonds. The third kappa shape index (κ3) is 2.98. The summed E-state index contributed by atoms with van der Waals surface area (Å²) >= 11 is 0. The maximum absolute atomic E-state index is 11.5. The first-order chi connectivity index (χ1) is 8.66. The van der Waals surface area contributed by atoms with Crippen molar-refractivity contribution >= 4 is 11.5 Å². The lowest BCUT2D eigenvalue weighted by molar-refractivity contribution is 0.101. The number of hydrogen-bond acceptors (Lipinski definition) is 2. The molecule has 2 aromatic rings. The van der Waals surface area contributed by atoms with E-state index in [4.69, 9.17) is 0 Å². The Labute approximate surface area is 108 Å². The van der Waals surface area contributed by atoms with Crippen molar-refractivity contribution in [3.05, 3.63) is 65.2 Å². The maximum atomic E-state index is 11.5. The van der Waals surface area contributed by atoms with Crippen molar-refractivity contribution in [2.24, 2.45) is 0 Å². The molecule has 0 aliphatic carbocycles. The first kappa shape index (κ1) is 12.4. The van der Waals surface area contributed by atoms with E-state index in [2.05, 4.69) is 30.4 Å². The van der Waals surface area contributed by atoms with Crippen LogP contribution >= 0.6 is 0 Å². The molecule has 2 heteroatoms. The molecule has 0 saturated heterocycles. The van der Waals surface area contributed by atoms with Gasteiger partial charge in [-0.15, -0.1) is 0 Å². The molecular weight excluding hydrogens is 222 g/mol. The molecule has 0 aliphatic rings. The molecule has 0 fully saturated rings. The highest BCUT2D eigenvalue weighted by Crippen LogP contribution is 2.16. The standard InChI is InChI=1S/C16H17NO/c1-12-6-5-7-14(10-12)11-17-16-9-4-3-8-15(16)13(2)18/h3-10,17H,11H2,1-2H3. The van der Waals surface area contributed by atoms with Crippen molar-refractivity contribution in [3.63, 3.8) is 0 Å². The number of Topliss-reactive ketones (excluding diaryl/α,β-unsaturated/α-hetero) is 1. The van der Waals surface area contributed by atoms with Crippen LogP contribution < -0.4 is 5.32 Å². The minimum atomic E-state index is 0.0855. The average molecular weight is 239 g/mol. The second-order valence-corrected chi connectivity index (χ2v) is 4.44. The third-order valence-corrected chi connectivity index (χ3v) is 2.87. The quantitative estimate of drug-likeness (QED) is 0.822. The number of hydrogen-bond donors (Lipinski definition) is 1. The van der Waals surface area contributed by atoms with Crippen LogP contribution in [0.25, 0.3) is 0 Å². The van der Waals surface area contributed by atoms with Gasteiger partial charge < -0.3 is 5.32 Å². The molecule has 92 valence electrons. The topological polar surface area (TPSA) is 29.1 Å². The van der Waals surface area contributed by atoms with Gasteiger partial charge in [-0.2, -0.15) is 0 Å². The fraction of sp³-hybridized carbons (Fsp3) is 0.188. The van der Waals surface area contributed by atoms with E-state index in [-0.39, 0.29) is 5.78 Å². The molecule has 1 N–H and O–H groups in total. The van der Waals surface area contributed by atoms with Crippen molar-refractivity contribution in [2.45, 2.75) is 20.4 Å². The number of rotatable bonds is 4. The number of benzene rings is 2. The SMILES string of the molecule is CC(=O)c1ccccc1NCc1cccc(C)c1. The molecule has 0 atom stereocenters. The van der Waals surface area contributed by atoms with E-state index in [1.807, 2.05) is 30.3 Å². The zero-order chi connectivity index (χ0) is 13.0. The van der Waals surface area contributed by atoms with Crippen LogP contribution in [0.2, 0.25) is 0 Å². The highest BCUT2D eigenvalue weighted by atomic mass is 16.1. The summed E-state index contributed by atoms with van der Waals surface area (Å²) in [7, 11) is 0. The van der Waals surface area contributed by atoms with Crippen LogP contribution in [0.15, 0.2) is 48.5 Å². The Morgan fingerprint density at radius 3 is 2.61 bits per heavy atom. The molecule has 0 aromatic heterocycles. The summed E-state index contributed by atoms with van der Waals surface area (Å²) in [5.74, 6) is 0.0855. The Kier molecular flexibility index (Phi) is 3.78. The van der Waals surface area contributed by atoms with E-state index in [0.29, 0.717) is 0 Å². The van der Waals surface area contributed by atoms with Gasteiger partial charge in [-0.25, -0.2) is 0 Å². The predicted octanol–water partition coefficient (Wildman–Crippen LogP) is 3.81. The molecule has 2 aromatic carbocycles. The van der Waals surface area contributed by atoms with Crippen LogP contribution in [-0.4, -0.2) is 5.78 Å². The van der Waals surface area contributed by atoms with Crippen LogP contribution in [0.1, 0.15) is 28.4 Å². The Morgan fingerprint density at radius 1 is 1.11 bits per heavy atom. The van der Waals surface area contributed by atoms with Gasteiger partial charge in [0.25, 0.3) is 0 Å². The zero-order valence-electron chi connectivity index (χ0n) is 10.7. The van der Waals surface area contributed by atoms with E-state index >= 15 is 0 Å². The van der Waals surface area contributed by atoms with Crippen LogP contribution in [0, 0.1) is 6.92 Å². The summed E-state index contributed by atoms with van der Waals surface area (Å²) < 4.78 is 0. The molecule has 2 rings (SSSR count). The molecule has 0 spiro atoms. The Hall–Kier alpha value is -2.09. The highest BCUT2D eigenvalue weighted by Gasteiger charge is 2.05. The summed E-state index contributed by atoms with van der Waals surface area (Å²) in [4.78, 5) is 11.5. The van der Waals surface area contributed by atoms with Crippen LogP contribution in [0.3, 0.4) is 0 Å². The van der Waals surface area contributed by atoms with Gasteiger partial charge in [0.05, 0.1) is 0 Å². The predicted molar refractivity (Wildman–Crippen MR) is 75.0 cm³/mol. The molecule has 18 heavy (non-hydrogen) atoms. The number of anilines is 1. The lowest BCUT2D eigenvalue weighted by atomic mass is 10.1. The van der Waals surface area contributed by atoms with E-state index in [1.165, 1.54) is 11.1 Å². The number of nitrogens with one attached hydrogen (secondary N) is 1. The fourth-order valence-electron chi connectivity index (χ4n) is 1.96. The maximum Gasteiger partial charge on any atom is 0.161 e. The molecule has 2 nitrogen and oxygen atoms in total. The monoisotopic (exact) mass is 239 g/mol. The first-order valence-electron chi connectivity index (χ1n) is 6.06. The number of carbonyl (C=O) groups is 1. The number of carbonyl (C=O) groups excluding carboxylic acids is 1. The molecule has 0 unspecified atom stereocenters. The summed E-state index contributed by atoms with van der Waals surface area (Å²) in [5.41, 5.74) is 4.10. The molecule has 0 bridgehead atoms. The van der Waals surface area contributed by atoms with E-state index in [0.717, 1.165) is 17.8 Å². The van der Waals surface area contributed by atoms with Crippen LogP contribution in [0.4, 0.5) is 5.69 Å². The van der Waals surface area contributed by atoms with Gasteiger partial charge >= 0.3 is 0 Å². The number of aryl methyl sites for hydroxylation is 1. The van der Waals surface area contributed by atoms with Crippen molar-refractivity contribution in [2.75, 3.05) is 5.32 Å². The Bertz CT molecular complexity index is 561. The average Bonchev–Trinajstić information content (AvgIpc) is 2.37. The largest absolute Gasteiger partial charge is 0.380 e. The minimum Gasteiger partial charge on any atom is -0.380 e. The van der Waals surface area contributed by atoms with Crippen LogP contribution in [-0.2, 0) is 6.54 Å². The first-order valence-corrected chi connectivity index (χ1v) is 6.06. The molecule has 0 aliphatic heterocycles. The van der Waals surface area contributed by atoms with Gasteiger partial charge in [0.2, 0.25) is 0 Å². The number of para-hydroxylation sites is 1. The number of ketones is 1. The smallest absolute Gasteiger partial charge is 0.161 e. The van der Waals surface area contributed by atoms with Crippen molar-refractivity contribution in [3.8, 4) is 0 Å². The second-order valence-electron chi connectivity index (χ2n) is 4.44. The highest BCUT2D eigenvalue weighted by molar-refractivity contribution is 5.99. The minimum absolute atomic E-state index is 0.0855. The zero-order valence-corrected chi connectivity index (χ0v) is 10.7. The van der Waals surface area contributed by atoms with E-state index < -0.39 is 0 Å². The van der Waals surface area contributed by atoms with Crippen molar-refractivity contribution in [1.82, 2.24) is 0 Å². The summed E-state index contributed by atoms with van der Waals surface area (Å²) in [5, 5.41) is 3.32. The molecule has 0 heterocycles. The summed E-state index contributed by atoms with van der Waals surface area (Å²) in [6.07, 6.45) is 0. The van der Waals surface area contributed by atoms with Crippen molar-refractivity contribution < 1.29 is 4.79 Å². The third-order valence-electron chi connectivity index (χ3n) is 2.87. The molecule has 0 radical (unpaired) electrons. The van der Waals surface area contributed by atoms with Gasteiger partial charge in [0, 0.05) is 17.8 Å². The van der Waals surface area contributed by atoms with Gasteiger partial charge in [0.1, 0.15) is 0 Å². The van der Waals surface area contributed by atoms with E-state index in [1.54, 1.807) is 6.92 Å². The van der Waals surface area contributed by atoms with Gasteiger partial charge in [0.15, 0.2) is 5.78 Å². The molecule has 0 saturated carbocycles. The van der Waals surface area contributed by atoms with Crippen molar-refractivity contribution in [1.29, 1.82) is 0 Å². The van der Waals surface area contributed by atoms with Gasteiger partial charge in [-0.1, -0.05) is 42.0 Å². The lowest BCUT2D eigenvalue weighted by Gasteiger charge is -2.10. The van der Waals surface area contributed by atoms with Gasteiger partial charge in [-0.3, -0.25) is 4.79 Å². The normalized spacial score (nSPS) is 10.1. The fourth-order valence-corrected chi connectivity index (χ4v) is 1.96. The summed E-state index contributed by atoms with van der Waals surface area (Å²) in [6.45, 7) is 4.40. The Morgan fingerprint density at radius 2 is 1.89 bits per heavy atom. The van der Waals surface area contributed by atoms with Gasteiger partial charge in [-0.05, 0) is 31.5 Å².